The van der Waals surface area contributed by atoms with Crippen LogP contribution in [0.15, 0.2) is 60.1 Å². The first-order valence-corrected chi connectivity index (χ1v) is 13.4. The number of nitrogens with one attached hydrogen (secondary N) is 2. The van der Waals surface area contributed by atoms with E-state index in [0.717, 1.165) is 5.57 Å². The molecule has 0 bridgehead atoms. The minimum Gasteiger partial charge on any atom is -0.490 e. The van der Waals surface area contributed by atoms with E-state index in [4.69, 9.17) is 19.9 Å². The molecule has 1 aliphatic rings. The van der Waals surface area contributed by atoms with Gasteiger partial charge in [-0.1, -0.05) is 69.6 Å². The first-order valence-electron chi connectivity index (χ1n) is 13.4. The Balaban J connectivity index is 2.72. The highest BCUT2D eigenvalue weighted by Crippen LogP contribution is 2.23. The summed E-state index contributed by atoms with van der Waals surface area (Å²) in [6, 6.07) is -0.855. The highest BCUT2D eigenvalue weighted by molar-refractivity contribution is 5.97. The Morgan fingerprint density at radius 2 is 1.93 bits per heavy atom. The third-order valence-corrected chi connectivity index (χ3v) is 6.01. The number of rotatable bonds is 12. The first-order chi connectivity index (χ1) is 19.3. The highest BCUT2D eigenvalue weighted by atomic mass is 16.6. The van der Waals surface area contributed by atoms with Gasteiger partial charge in [-0.25, -0.2) is 9.59 Å². The molecule has 0 spiro atoms. The number of amides is 3. The molecule has 0 saturated heterocycles. The third kappa shape index (κ3) is 13.6. The fourth-order valence-corrected chi connectivity index (χ4v) is 3.83. The molecule has 0 aromatic rings. The fourth-order valence-electron chi connectivity index (χ4n) is 3.83. The van der Waals surface area contributed by atoms with E-state index in [1.807, 2.05) is 59.8 Å². The van der Waals surface area contributed by atoms with Gasteiger partial charge in [0.15, 0.2) is 5.76 Å². The lowest BCUT2D eigenvalue weighted by molar-refractivity contribution is -0.151. The fraction of sp³-hybridized carbons (Fsp3) is 0.484. The second kappa shape index (κ2) is 17.4. The number of esters is 1. The van der Waals surface area contributed by atoms with Crippen LogP contribution >= 0.6 is 0 Å². The van der Waals surface area contributed by atoms with E-state index in [9.17, 15) is 19.2 Å². The minimum atomic E-state index is -0.866. The Morgan fingerprint density at radius 1 is 1.24 bits per heavy atom. The van der Waals surface area contributed by atoms with Gasteiger partial charge in [-0.05, 0) is 43.5 Å². The van der Waals surface area contributed by atoms with Crippen molar-refractivity contribution in [1.82, 2.24) is 10.6 Å². The SMILES string of the molecule is C/C=C/C[C@H](C/C=C/NC(=O)C(NC(=O)C#C/C=C/C(C)=C/[C@@H](C)C1CC=C(OC)C(=O)O1)C(C)(C)C)OC(N)=O. The molecule has 4 atom stereocenters. The third-order valence-electron chi connectivity index (χ3n) is 6.01. The van der Waals surface area contributed by atoms with Crippen molar-refractivity contribution in [3.05, 3.63) is 60.1 Å². The molecule has 0 aliphatic carbocycles. The lowest BCUT2D eigenvalue weighted by atomic mass is 9.86. The number of methoxy groups -OCH3 is 1. The number of cyclic esters (lactones) is 1. The molecule has 0 aromatic heterocycles. The van der Waals surface area contributed by atoms with Gasteiger partial charge in [-0.2, -0.15) is 0 Å². The average Bonchev–Trinajstić information content (AvgIpc) is 2.89. The Morgan fingerprint density at radius 3 is 2.51 bits per heavy atom. The van der Waals surface area contributed by atoms with E-state index < -0.39 is 41.4 Å². The second-order valence-corrected chi connectivity index (χ2v) is 10.6. The van der Waals surface area contributed by atoms with Gasteiger partial charge in [0.2, 0.25) is 5.91 Å². The zero-order valence-electron chi connectivity index (χ0n) is 25.0. The van der Waals surface area contributed by atoms with Crippen LogP contribution in [-0.4, -0.2) is 49.2 Å². The van der Waals surface area contributed by atoms with Crippen molar-refractivity contribution in [2.24, 2.45) is 17.1 Å². The van der Waals surface area contributed by atoms with Crippen molar-refractivity contribution in [1.29, 1.82) is 0 Å². The number of nitrogens with two attached hydrogens (primary N) is 1. The number of carbonyl (C=O) groups excluding carboxylic acids is 4. The summed E-state index contributed by atoms with van der Waals surface area (Å²) in [7, 11) is 1.43. The molecule has 10 heteroatoms. The number of allylic oxidation sites excluding steroid dienone is 4. The summed E-state index contributed by atoms with van der Waals surface area (Å²) in [5, 5.41) is 5.33. The number of ether oxygens (including phenoxy) is 3. The predicted octanol–water partition coefficient (Wildman–Crippen LogP) is 3.96. The van der Waals surface area contributed by atoms with Gasteiger partial charge >= 0.3 is 12.1 Å². The van der Waals surface area contributed by atoms with Crippen LogP contribution in [0.3, 0.4) is 0 Å². The van der Waals surface area contributed by atoms with E-state index in [-0.39, 0.29) is 17.8 Å². The molecule has 224 valence electrons. The Kier molecular flexibility index (Phi) is 14.8. The molecule has 10 nitrogen and oxygen atoms in total. The molecule has 1 rings (SSSR count). The smallest absolute Gasteiger partial charge is 0.404 e. The molecule has 0 saturated carbocycles. The van der Waals surface area contributed by atoms with Crippen LogP contribution in [0.1, 0.15) is 60.8 Å². The molecule has 2 unspecified atom stereocenters. The van der Waals surface area contributed by atoms with Gasteiger partial charge in [-0.15, -0.1) is 0 Å². The van der Waals surface area contributed by atoms with Crippen LogP contribution in [0.5, 0.6) is 0 Å². The maximum Gasteiger partial charge on any atom is 0.404 e. The van der Waals surface area contributed by atoms with Crippen LogP contribution < -0.4 is 16.4 Å². The molecule has 0 fully saturated rings. The van der Waals surface area contributed by atoms with Crippen LogP contribution in [0, 0.1) is 23.2 Å². The Bertz CT molecular complexity index is 1150. The summed E-state index contributed by atoms with van der Waals surface area (Å²) < 4.78 is 15.4. The molecule has 41 heavy (non-hydrogen) atoms. The molecular weight excluding hydrogens is 526 g/mol. The van der Waals surface area contributed by atoms with Gasteiger partial charge < -0.3 is 30.6 Å². The molecule has 0 radical (unpaired) electrons. The van der Waals surface area contributed by atoms with Gasteiger partial charge in [0.05, 0.1) is 7.11 Å². The largest absolute Gasteiger partial charge is 0.490 e. The van der Waals surface area contributed by atoms with E-state index >= 15 is 0 Å². The number of hydrogen-bond donors (Lipinski definition) is 3. The van der Waals surface area contributed by atoms with E-state index in [1.165, 1.54) is 13.3 Å². The molecule has 1 aliphatic heterocycles. The number of hydrogen-bond acceptors (Lipinski definition) is 7. The highest BCUT2D eigenvalue weighted by Gasteiger charge is 2.32. The van der Waals surface area contributed by atoms with Gasteiger partial charge in [0.1, 0.15) is 18.2 Å². The van der Waals surface area contributed by atoms with Crippen LogP contribution in [0.2, 0.25) is 0 Å². The Labute approximate surface area is 243 Å². The zero-order chi connectivity index (χ0) is 31.0. The van der Waals surface area contributed by atoms with Crippen molar-refractivity contribution >= 4 is 23.9 Å². The van der Waals surface area contributed by atoms with E-state index in [2.05, 4.69) is 22.5 Å². The van der Waals surface area contributed by atoms with Crippen LogP contribution in [-0.2, 0) is 28.6 Å². The standard InChI is InChI=1S/C31H43N3O7/c1-8-9-14-23(40-30(32)38)15-12-19-33-28(36)27(31(4,5)6)34-26(35)16-11-10-13-21(2)20-22(3)24-17-18-25(39-7)29(37)41-24/h8-10,12-13,18-20,22-24,27H,14-15,17H2,1-7H3,(H2,32,38)(H,33,36)(H,34,35)/b9-8+,13-10+,19-12+,21-20+/t22-,23-,24?,27?/m1/s1. The van der Waals surface area contributed by atoms with Crippen LogP contribution in [0.25, 0.3) is 0 Å². The summed E-state index contributed by atoms with van der Waals surface area (Å²) >= 11 is 0. The van der Waals surface area contributed by atoms with E-state index in [1.54, 1.807) is 24.3 Å². The first kappa shape index (κ1) is 34.8. The monoisotopic (exact) mass is 569 g/mol. The van der Waals surface area contributed by atoms with E-state index in [0.29, 0.717) is 19.3 Å². The van der Waals surface area contributed by atoms with Crippen LogP contribution in [0.4, 0.5) is 4.79 Å². The van der Waals surface area contributed by atoms with Gasteiger partial charge in [0, 0.05) is 25.2 Å². The Hall–Kier alpha value is -4.26. The number of carbonyl (C=O) groups is 4. The predicted molar refractivity (Wildman–Crippen MR) is 157 cm³/mol. The van der Waals surface area contributed by atoms with Crippen molar-refractivity contribution in [3.8, 4) is 11.8 Å². The molecular formula is C31H43N3O7. The van der Waals surface area contributed by atoms with Gasteiger partial charge in [0.25, 0.3) is 5.91 Å². The van der Waals surface area contributed by atoms with Crippen molar-refractivity contribution in [2.45, 2.75) is 79.1 Å². The van der Waals surface area contributed by atoms with Crippen molar-refractivity contribution < 1.29 is 33.4 Å². The maximum absolute atomic E-state index is 12.8. The number of primary amides is 1. The topological polar surface area (TPSA) is 146 Å². The average molecular weight is 570 g/mol. The summed E-state index contributed by atoms with van der Waals surface area (Å²) in [5.41, 5.74) is 5.41. The summed E-state index contributed by atoms with van der Waals surface area (Å²) in [4.78, 5) is 48.3. The minimum absolute atomic E-state index is 0.0376. The lowest BCUT2D eigenvalue weighted by Crippen LogP contribution is -2.52. The molecule has 4 N–H and O–H groups in total. The van der Waals surface area contributed by atoms with Crippen molar-refractivity contribution in [2.75, 3.05) is 7.11 Å². The summed E-state index contributed by atoms with van der Waals surface area (Å²) in [5.74, 6) is 3.85. The van der Waals surface area contributed by atoms with Gasteiger partial charge in [-0.3, -0.25) is 9.59 Å². The summed E-state index contributed by atoms with van der Waals surface area (Å²) in [6.07, 6.45) is 13.6. The molecule has 1 heterocycles. The zero-order valence-corrected chi connectivity index (χ0v) is 25.0. The normalized spacial score (nSPS) is 18.1. The molecule has 3 amide bonds. The van der Waals surface area contributed by atoms with Crippen molar-refractivity contribution in [3.63, 3.8) is 0 Å². The molecule has 0 aromatic carbocycles. The quantitative estimate of drug-likeness (QED) is 0.140. The summed E-state index contributed by atoms with van der Waals surface area (Å²) in [6.45, 7) is 11.2. The lowest BCUT2D eigenvalue weighted by Gasteiger charge is -2.29. The maximum atomic E-state index is 12.8. The second-order valence-electron chi connectivity index (χ2n) is 10.6.